The standard InChI is InChI=1S/C5H10O2.Eu.F/c1-4(2)3-5(6)7;;/h4H,3H2,1-2H3,(H,6,7);;. The van der Waals surface area contributed by atoms with Gasteiger partial charge in [0.25, 0.3) is 0 Å². The predicted molar refractivity (Wildman–Crippen MR) is 28.2 cm³/mol. The number of halogens is 1. The van der Waals surface area contributed by atoms with Crippen LogP contribution in [-0.4, -0.2) is 11.1 Å². The van der Waals surface area contributed by atoms with Gasteiger partial charge in [-0.1, -0.05) is 13.8 Å². The van der Waals surface area contributed by atoms with Crippen molar-refractivity contribution in [1.29, 1.82) is 0 Å². The maximum Gasteiger partial charge on any atom is 0.303 e. The number of aliphatic carboxylic acids is 1. The molecule has 0 saturated heterocycles. The van der Waals surface area contributed by atoms with Crippen molar-refractivity contribution in [2.45, 2.75) is 20.3 Å². The van der Waals surface area contributed by atoms with Gasteiger partial charge in [0.05, 0.1) is 0 Å². The third-order valence-electron chi connectivity index (χ3n) is 0.583. The third kappa shape index (κ3) is 17.6. The molecule has 2 nitrogen and oxygen atoms in total. The number of hydrogen-bond donors (Lipinski definition) is 1. The van der Waals surface area contributed by atoms with Crippen molar-refractivity contribution >= 4 is 5.97 Å². The minimum absolute atomic E-state index is 0. The Bertz CT molecular complexity index is 75.4. The third-order valence-corrected chi connectivity index (χ3v) is 0.583. The molecular weight excluding hydrogens is 263 g/mol. The molecule has 0 aliphatic carbocycles. The molecule has 0 bridgehead atoms. The summed E-state index contributed by atoms with van der Waals surface area (Å²) in [5, 5.41) is 8.08. The molecule has 0 aromatic carbocycles. The maximum atomic E-state index is 9.81. The Labute approximate surface area is 94.9 Å². The summed E-state index contributed by atoms with van der Waals surface area (Å²) in [5.74, 6) is -0.438. The number of rotatable bonds is 2. The molecule has 0 fully saturated rings. The van der Waals surface area contributed by atoms with E-state index in [-0.39, 0.29) is 66.4 Å². The molecule has 2 radical (unpaired) electrons. The first kappa shape index (κ1) is 16.5. The minimum atomic E-state index is -0.713. The van der Waals surface area contributed by atoms with Gasteiger partial charge in [0.15, 0.2) is 0 Å². The number of hydrogen-bond acceptors (Lipinski definition) is 1. The molecule has 0 amide bonds. The molecule has 4 heteroatoms. The van der Waals surface area contributed by atoms with Crippen LogP contribution in [0.15, 0.2) is 0 Å². The Morgan fingerprint density at radius 3 is 1.89 bits per heavy atom. The van der Waals surface area contributed by atoms with Crippen molar-refractivity contribution in [2.75, 3.05) is 0 Å². The zero-order chi connectivity index (χ0) is 5.86. The molecule has 9 heavy (non-hydrogen) atoms. The van der Waals surface area contributed by atoms with Crippen LogP contribution in [-0.2, 0) is 4.79 Å². The van der Waals surface area contributed by atoms with Crippen LogP contribution in [0.5, 0.6) is 0 Å². The van der Waals surface area contributed by atoms with Gasteiger partial charge in [-0.15, -0.1) is 0 Å². The fourth-order valence-electron chi connectivity index (χ4n) is 0.349. The quantitative estimate of drug-likeness (QED) is 0.828. The first-order chi connectivity index (χ1) is 3.13. The summed E-state index contributed by atoms with van der Waals surface area (Å²) >= 11 is 0. The molecule has 0 rings (SSSR count). The summed E-state index contributed by atoms with van der Waals surface area (Å²) in [5.41, 5.74) is 0. The summed E-state index contributed by atoms with van der Waals surface area (Å²) in [6.07, 6.45) is 0.278. The zero-order valence-electron chi connectivity index (χ0n) is 5.40. The molecule has 56 valence electrons. The van der Waals surface area contributed by atoms with E-state index in [1.807, 2.05) is 13.8 Å². The molecule has 0 saturated carbocycles. The Kier molecular flexibility index (Phi) is 16.5. The molecule has 0 spiro atoms. The predicted octanol–water partition coefficient (Wildman–Crippen LogP) is 1.54. The van der Waals surface area contributed by atoms with Crippen LogP contribution in [0.1, 0.15) is 20.3 Å². The molecule has 0 aromatic heterocycles. The second-order valence-corrected chi connectivity index (χ2v) is 1.99. The first-order valence-corrected chi connectivity index (χ1v) is 2.34. The molecule has 0 heterocycles. The van der Waals surface area contributed by atoms with Gasteiger partial charge >= 0.3 is 5.97 Å². The Morgan fingerprint density at radius 1 is 1.56 bits per heavy atom. The Morgan fingerprint density at radius 2 is 1.89 bits per heavy atom. The van der Waals surface area contributed by atoms with E-state index in [9.17, 15) is 4.79 Å². The second-order valence-electron chi connectivity index (χ2n) is 1.99. The van der Waals surface area contributed by atoms with Gasteiger partial charge in [-0.3, -0.25) is 4.79 Å². The fraction of sp³-hybridized carbons (Fsp3) is 0.800. The minimum Gasteiger partial charge on any atom is -0.481 e. The first-order valence-electron chi connectivity index (χ1n) is 2.34. The number of carboxylic acids is 1. The van der Waals surface area contributed by atoms with Crippen LogP contribution < -0.4 is 0 Å². The van der Waals surface area contributed by atoms with E-state index >= 15 is 0 Å². The van der Waals surface area contributed by atoms with Gasteiger partial charge in [0.1, 0.15) is 0 Å². The van der Waals surface area contributed by atoms with Crippen molar-refractivity contribution in [1.82, 2.24) is 0 Å². The van der Waals surface area contributed by atoms with Gasteiger partial charge in [0, 0.05) is 60.5 Å². The van der Waals surface area contributed by atoms with Crippen LogP contribution in [0.4, 0.5) is 4.70 Å². The van der Waals surface area contributed by atoms with E-state index in [1.54, 1.807) is 0 Å². The van der Waals surface area contributed by atoms with Crippen molar-refractivity contribution in [2.24, 2.45) is 5.92 Å². The molecule has 0 aliphatic rings. The van der Waals surface area contributed by atoms with E-state index in [0.29, 0.717) is 0 Å². The Balaban J connectivity index is -0.000000180. The number of carboxylic acid groups (broad SMARTS) is 1. The molecule has 0 unspecified atom stereocenters. The van der Waals surface area contributed by atoms with Crippen molar-refractivity contribution in [3.63, 3.8) is 0 Å². The maximum absolute atomic E-state index is 9.81. The zero-order valence-corrected chi connectivity index (χ0v) is 7.82. The summed E-state index contributed by atoms with van der Waals surface area (Å²) < 4.78 is 0. The van der Waals surface area contributed by atoms with Crippen molar-refractivity contribution in [3.05, 3.63) is 0 Å². The van der Waals surface area contributed by atoms with E-state index in [1.165, 1.54) is 0 Å². The van der Waals surface area contributed by atoms with Crippen LogP contribution in [0.3, 0.4) is 0 Å². The van der Waals surface area contributed by atoms with Crippen LogP contribution in [0.2, 0.25) is 0 Å². The fourth-order valence-corrected chi connectivity index (χ4v) is 0.349. The van der Waals surface area contributed by atoms with E-state index < -0.39 is 5.97 Å². The summed E-state index contributed by atoms with van der Waals surface area (Å²) in [6, 6.07) is 0. The molecular formula is C5H10EuFO2. The van der Waals surface area contributed by atoms with Crippen LogP contribution in [0.25, 0.3) is 0 Å². The molecule has 0 aliphatic heterocycles. The van der Waals surface area contributed by atoms with Gasteiger partial charge in [0.2, 0.25) is 0 Å². The largest absolute Gasteiger partial charge is 0.481 e. The number of carbonyl (C=O) groups is 1. The average molecular weight is 273 g/mol. The molecule has 0 atom stereocenters. The molecule has 1 N–H and O–H groups in total. The Hall–Kier alpha value is 0.984. The summed E-state index contributed by atoms with van der Waals surface area (Å²) in [7, 11) is 0. The normalized spacial score (nSPS) is 7.44. The summed E-state index contributed by atoms with van der Waals surface area (Å²) in [4.78, 5) is 9.81. The summed E-state index contributed by atoms with van der Waals surface area (Å²) in [6.45, 7) is 3.77. The smallest absolute Gasteiger partial charge is 0.303 e. The molecule has 0 aromatic rings. The van der Waals surface area contributed by atoms with E-state index in [0.717, 1.165) is 0 Å². The van der Waals surface area contributed by atoms with Crippen molar-refractivity contribution < 1.29 is 64.0 Å². The van der Waals surface area contributed by atoms with Crippen LogP contribution in [0, 0.1) is 55.3 Å². The van der Waals surface area contributed by atoms with Crippen molar-refractivity contribution in [3.8, 4) is 0 Å². The van der Waals surface area contributed by atoms with Crippen LogP contribution >= 0.6 is 0 Å². The SMILES string of the molecule is CC(C)CC(=O)O.[Eu].[F]. The van der Waals surface area contributed by atoms with E-state index in [2.05, 4.69) is 0 Å². The van der Waals surface area contributed by atoms with Gasteiger partial charge in [-0.25, -0.2) is 0 Å². The average Bonchev–Trinajstić information content (AvgIpc) is 1.27. The topological polar surface area (TPSA) is 37.3 Å². The van der Waals surface area contributed by atoms with Gasteiger partial charge < -0.3 is 5.11 Å². The van der Waals surface area contributed by atoms with Gasteiger partial charge in [-0.2, -0.15) is 0 Å². The van der Waals surface area contributed by atoms with Gasteiger partial charge in [-0.05, 0) is 5.92 Å². The van der Waals surface area contributed by atoms with E-state index in [4.69, 9.17) is 5.11 Å². The monoisotopic (exact) mass is 274 g/mol. The second kappa shape index (κ2) is 8.98.